The number of anilines is 1. The lowest BCUT2D eigenvalue weighted by Crippen LogP contribution is -2.31. The zero-order chi connectivity index (χ0) is 17.1. The van der Waals surface area contributed by atoms with Gasteiger partial charge in [-0.2, -0.15) is 5.10 Å². The number of nitro groups is 2. The van der Waals surface area contributed by atoms with Crippen molar-refractivity contribution < 1.29 is 9.85 Å². The van der Waals surface area contributed by atoms with Gasteiger partial charge in [0.25, 0.3) is 5.69 Å². The van der Waals surface area contributed by atoms with Crippen LogP contribution in [0.15, 0.2) is 23.3 Å². The van der Waals surface area contributed by atoms with E-state index in [0.29, 0.717) is 11.8 Å². The average Bonchev–Trinajstić information content (AvgIpc) is 2.59. The minimum atomic E-state index is -0.642. The highest BCUT2D eigenvalue weighted by Gasteiger charge is 2.32. The van der Waals surface area contributed by atoms with Crippen LogP contribution in [0.25, 0.3) is 0 Å². The van der Waals surface area contributed by atoms with Crippen molar-refractivity contribution in [2.24, 2.45) is 16.9 Å². The molecule has 1 N–H and O–H groups in total. The lowest BCUT2D eigenvalue weighted by atomic mass is 9.70. The third kappa shape index (κ3) is 3.37. The van der Waals surface area contributed by atoms with Gasteiger partial charge in [0.15, 0.2) is 0 Å². The third-order valence-electron chi connectivity index (χ3n) is 5.05. The molecule has 2 atom stereocenters. The normalized spacial score (nSPS) is 25.1. The molecule has 1 aromatic rings. The number of nitrogens with one attached hydrogen (secondary N) is 1. The highest BCUT2D eigenvalue weighted by atomic mass is 16.6. The molecule has 1 aromatic carbocycles. The smallest absolute Gasteiger partial charge is 0.272 e. The highest BCUT2D eigenvalue weighted by Crippen LogP contribution is 2.39. The van der Waals surface area contributed by atoms with Crippen molar-refractivity contribution in [3.8, 4) is 0 Å². The molecule has 0 spiro atoms. The van der Waals surface area contributed by atoms with Gasteiger partial charge in [-0.25, -0.2) is 0 Å². The fraction of sp³-hybridized carbons (Fsp3) is 0.562. The highest BCUT2D eigenvalue weighted by molar-refractivity contribution is 5.88. The van der Waals surface area contributed by atoms with Crippen molar-refractivity contribution in [1.29, 1.82) is 0 Å². The van der Waals surface area contributed by atoms with Crippen LogP contribution in [0.4, 0.5) is 17.1 Å². The third-order valence-corrected chi connectivity index (χ3v) is 5.05. The Morgan fingerprint density at radius 1 is 1.04 bits per heavy atom. The summed E-state index contributed by atoms with van der Waals surface area (Å²) in [4.78, 5) is 20.7. The molecule has 24 heavy (non-hydrogen) atoms. The SMILES string of the molecule is O=[N+]([O-])c1ccc(N/N=C2\CCC[C@@H]3CCCC[C@H]23)c([N+](=O)[O-])c1. The van der Waals surface area contributed by atoms with Crippen LogP contribution in [-0.4, -0.2) is 15.6 Å². The quantitative estimate of drug-likeness (QED) is 0.654. The molecule has 0 aliphatic heterocycles. The van der Waals surface area contributed by atoms with E-state index in [2.05, 4.69) is 10.5 Å². The van der Waals surface area contributed by atoms with E-state index >= 15 is 0 Å². The van der Waals surface area contributed by atoms with E-state index < -0.39 is 9.85 Å². The van der Waals surface area contributed by atoms with E-state index in [0.717, 1.165) is 31.0 Å². The van der Waals surface area contributed by atoms with Gasteiger partial charge in [-0.3, -0.25) is 25.7 Å². The number of fused-ring (bicyclic) bond motifs is 1. The first-order valence-corrected chi connectivity index (χ1v) is 8.31. The van der Waals surface area contributed by atoms with Crippen molar-refractivity contribution in [1.82, 2.24) is 0 Å². The van der Waals surface area contributed by atoms with E-state index in [1.54, 1.807) is 0 Å². The van der Waals surface area contributed by atoms with E-state index in [4.69, 9.17) is 0 Å². The molecule has 0 aromatic heterocycles. The van der Waals surface area contributed by atoms with Gasteiger partial charge in [-0.05, 0) is 44.1 Å². The van der Waals surface area contributed by atoms with Gasteiger partial charge < -0.3 is 0 Å². The van der Waals surface area contributed by atoms with Crippen molar-refractivity contribution in [2.45, 2.75) is 44.9 Å². The van der Waals surface area contributed by atoms with E-state index in [1.165, 1.54) is 37.8 Å². The molecule has 8 heteroatoms. The van der Waals surface area contributed by atoms with E-state index in [-0.39, 0.29) is 17.1 Å². The molecule has 0 radical (unpaired) electrons. The number of non-ortho nitro benzene ring substituents is 1. The van der Waals surface area contributed by atoms with E-state index in [1.807, 2.05) is 0 Å². The van der Waals surface area contributed by atoms with Crippen molar-refractivity contribution >= 4 is 22.8 Å². The Bertz CT molecular complexity index is 687. The lowest BCUT2D eigenvalue weighted by molar-refractivity contribution is -0.393. The molecule has 0 saturated heterocycles. The molecular weight excluding hydrogens is 312 g/mol. The summed E-state index contributed by atoms with van der Waals surface area (Å²) in [6, 6.07) is 3.56. The zero-order valence-corrected chi connectivity index (χ0v) is 13.3. The summed E-state index contributed by atoms with van der Waals surface area (Å²) >= 11 is 0. The minimum Gasteiger partial charge on any atom is -0.272 e. The molecule has 128 valence electrons. The largest absolute Gasteiger partial charge is 0.301 e. The maximum Gasteiger partial charge on any atom is 0.301 e. The minimum absolute atomic E-state index is 0.191. The topological polar surface area (TPSA) is 111 Å². The van der Waals surface area contributed by atoms with Gasteiger partial charge in [0.1, 0.15) is 5.69 Å². The second-order valence-electron chi connectivity index (χ2n) is 6.47. The van der Waals surface area contributed by atoms with Gasteiger partial charge in [0, 0.05) is 17.7 Å². The second-order valence-corrected chi connectivity index (χ2v) is 6.47. The Morgan fingerprint density at radius 3 is 2.54 bits per heavy atom. The number of nitro benzene ring substituents is 2. The lowest BCUT2D eigenvalue weighted by Gasteiger charge is -2.36. The number of hydrogen-bond donors (Lipinski definition) is 1. The predicted octanol–water partition coefficient (Wildman–Crippen LogP) is 4.26. The van der Waals surface area contributed by atoms with Crippen LogP contribution in [0.5, 0.6) is 0 Å². The maximum absolute atomic E-state index is 11.2. The van der Waals surface area contributed by atoms with Crippen molar-refractivity contribution in [2.75, 3.05) is 5.43 Å². The summed E-state index contributed by atoms with van der Waals surface area (Å²) in [7, 11) is 0. The van der Waals surface area contributed by atoms with Gasteiger partial charge >= 0.3 is 5.69 Å². The van der Waals surface area contributed by atoms with Crippen LogP contribution in [0, 0.1) is 32.1 Å². The van der Waals surface area contributed by atoms with Crippen LogP contribution >= 0.6 is 0 Å². The Morgan fingerprint density at radius 2 is 1.79 bits per heavy atom. The van der Waals surface area contributed by atoms with Crippen LogP contribution in [0.1, 0.15) is 44.9 Å². The number of hydrogen-bond acceptors (Lipinski definition) is 6. The summed E-state index contributed by atoms with van der Waals surface area (Å²) in [6.45, 7) is 0. The first-order chi connectivity index (χ1) is 11.6. The number of rotatable bonds is 4. The average molecular weight is 332 g/mol. The predicted molar refractivity (Wildman–Crippen MR) is 90.1 cm³/mol. The zero-order valence-electron chi connectivity index (χ0n) is 13.3. The number of hydrazone groups is 1. The fourth-order valence-electron chi connectivity index (χ4n) is 3.87. The van der Waals surface area contributed by atoms with Gasteiger partial charge in [0.05, 0.1) is 15.9 Å². The first-order valence-electron chi connectivity index (χ1n) is 8.31. The molecule has 8 nitrogen and oxygen atoms in total. The Kier molecular flexibility index (Phi) is 4.73. The summed E-state index contributed by atoms with van der Waals surface area (Å²) < 4.78 is 0. The number of benzene rings is 1. The van der Waals surface area contributed by atoms with Crippen LogP contribution in [0.3, 0.4) is 0 Å². The number of nitrogens with zero attached hydrogens (tertiary/aromatic N) is 3. The van der Waals surface area contributed by atoms with E-state index in [9.17, 15) is 20.2 Å². The molecule has 2 aliphatic rings. The first kappa shape index (κ1) is 16.4. The summed E-state index contributed by atoms with van der Waals surface area (Å²) in [6.07, 6.45) is 8.10. The molecule has 0 amide bonds. The molecular formula is C16H20N4O4. The van der Waals surface area contributed by atoms with Crippen molar-refractivity contribution in [3.63, 3.8) is 0 Å². The molecule has 2 saturated carbocycles. The summed E-state index contributed by atoms with van der Waals surface area (Å²) in [5.41, 5.74) is 3.43. The molecule has 0 bridgehead atoms. The van der Waals surface area contributed by atoms with Crippen LogP contribution in [0.2, 0.25) is 0 Å². The monoisotopic (exact) mass is 332 g/mol. The molecule has 0 unspecified atom stereocenters. The maximum atomic E-state index is 11.2. The van der Waals surface area contributed by atoms with Gasteiger partial charge in [0.2, 0.25) is 0 Å². The van der Waals surface area contributed by atoms with Gasteiger partial charge in [-0.1, -0.05) is 12.8 Å². The van der Waals surface area contributed by atoms with Crippen LogP contribution < -0.4 is 5.43 Å². The Labute approximate surface area is 139 Å². The molecule has 2 aliphatic carbocycles. The fourth-order valence-corrected chi connectivity index (χ4v) is 3.87. The Balaban J connectivity index is 1.82. The van der Waals surface area contributed by atoms with Gasteiger partial charge in [-0.15, -0.1) is 0 Å². The molecule has 0 heterocycles. The summed E-state index contributed by atoms with van der Waals surface area (Å²) in [5.74, 6) is 1.15. The Hall–Kier alpha value is -2.51. The van der Waals surface area contributed by atoms with Crippen molar-refractivity contribution in [3.05, 3.63) is 38.4 Å². The standard InChI is InChI=1S/C16H20N4O4/c21-19(22)12-8-9-15(16(10-12)20(23)24)18-17-14-7-3-5-11-4-1-2-6-13(11)14/h8-11,13,18H,1-7H2/b17-14+/t11-,13-/m0/s1. The summed E-state index contributed by atoms with van der Waals surface area (Å²) in [5, 5.41) is 26.4. The molecule has 2 fully saturated rings. The van der Waals surface area contributed by atoms with Crippen LogP contribution in [-0.2, 0) is 0 Å². The molecule has 3 rings (SSSR count). The second kappa shape index (κ2) is 6.94.